The maximum Gasteiger partial charge on any atom is 0.170 e. The minimum Gasteiger partial charge on any atom is -0.369 e. The number of ether oxygens (including phenoxy) is 1. The molecule has 1 heterocycles. The van der Waals surface area contributed by atoms with Gasteiger partial charge in [0.2, 0.25) is 0 Å². The number of hydrogen-bond acceptors (Lipinski definition) is 2. The first-order chi connectivity index (χ1) is 5.24. The van der Waals surface area contributed by atoms with E-state index < -0.39 is 0 Å². The number of halogens is 1. The predicted molar refractivity (Wildman–Crippen MR) is 39.4 cm³/mol. The largest absolute Gasteiger partial charge is 0.369 e. The standard InChI is InChI=1S/C8H11FO2/c1-6-3-4-10-8(5-6)7(2)11-9/h8H,1-5H2. The van der Waals surface area contributed by atoms with Gasteiger partial charge in [-0.1, -0.05) is 18.7 Å². The molecule has 3 heteroatoms. The lowest BCUT2D eigenvalue weighted by Crippen LogP contribution is -2.22. The van der Waals surface area contributed by atoms with Gasteiger partial charge < -0.3 is 4.74 Å². The molecular formula is C8H11FO2. The topological polar surface area (TPSA) is 18.5 Å². The van der Waals surface area contributed by atoms with Crippen molar-refractivity contribution in [1.29, 1.82) is 0 Å². The van der Waals surface area contributed by atoms with Crippen LogP contribution in [-0.2, 0) is 9.68 Å². The van der Waals surface area contributed by atoms with Gasteiger partial charge in [0.15, 0.2) is 5.76 Å². The van der Waals surface area contributed by atoms with Gasteiger partial charge in [-0.05, 0) is 6.42 Å². The number of rotatable bonds is 2. The minimum absolute atomic E-state index is 0.0332. The highest BCUT2D eigenvalue weighted by molar-refractivity contribution is 5.06. The van der Waals surface area contributed by atoms with E-state index in [9.17, 15) is 4.53 Å². The van der Waals surface area contributed by atoms with E-state index in [1.807, 2.05) is 0 Å². The lowest BCUT2D eigenvalue weighted by atomic mass is 10.0. The Morgan fingerprint density at radius 1 is 1.73 bits per heavy atom. The highest BCUT2D eigenvalue weighted by atomic mass is 19.3. The van der Waals surface area contributed by atoms with Crippen LogP contribution >= 0.6 is 0 Å². The minimum atomic E-state index is -0.346. The summed E-state index contributed by atoms with van der Waals surface area (Å²) in [7, 11) is 0. The van der Waals surface area contributed by atoms with Crippen LogP contribution in [0.25, 0.3) is 0 Å². The van der Waals surface area contributed by atoms with Crippen LogP contribution in [0.2, 0.25) is 0 Å². The molecule has 0 aromatic carbocycles. The first-order valence-corrected chi connectivity index (χ1v) is 3.49. The Labute approximate surface area is 65.2 Å². The summed E-state index contributed by atoms with van der Waals surface area (Å²) >= 11 is 0. The summed E-state index contributed by atoms with van der Waals surface area (Å²) in [4.78, 5) is 3.48. The van der Waals surface area contributed by atoms with Gasteiger partial charge in [-0.3, -0.25) is 4.94 Å². The second-order valence-corrected chi connectivity index (χ2v) is 2.61. The third-order valence-electron chi connectivity index (χ3n) is 1.71. The van der Waals surface area contributed by atoms with Crippen molar-refractivity contribution >= 4 is 0 Å². The Hall–Kier alpha value is -0.830. The normalized spacial score (nSPS) is 24.8. The van der Waals surface area contributed by atoms with Gasteiger partial charge in [0.1, 0.15) is 6.10 Å². The predicted octanol–water partition coefficient (Wildman–Crippen LogP) is 2.14. The van der Waals surface area contributed by atoms with Gasteiger partial charge in [-0.2, -0.15) is 0 Å². The van der Waals surface area contributed by atoms with E-state index in [0.717, 1.165) is 12.0 Å². The van der Waals surface area contributed by atoms with Gasteiger partial charge in [0.05, 0.1) is 6.61 Å². The van der Waals surface area contributed by atoms with Crippen molar-refractivity contribution in [2.75, 3.05) is 6.61 Å². The molecule has 1 aliphatic heterocycles. The molecule has 1 saturated heterocycles. The molecule has 0 amide bonds. The third-order valence-corrected chi connectivity index (χ3v) is 1.71. The molecule has 1 unspecified atom stereocenters. The zero-order valence-electron chi connectivity index (χ0n) is 6.31. The maximum atomic E-state index is 11.6. The van der Waals surface area contributed by atoms with Crippen molar-refractivity contribution in [3.63, 3.8) is 0 Å². The van der Waals surface area contributed by atoms with Crippen LogP contribution in [0.4, 0.5) is 4.53 Å². The molecule has 1 atom stereocenters. The average molecular weight is 158 g/mol. The summed E-state index contributed by atoms with van der Waals surface area (Å²) in [5.74, 6) is 0.0332. The molecule has 0 N–H and O–H groups in total. The van der Waals surface area contributed by atoms with Crippen LogP contribution in [0, 0.1) is 0 Å². The number of hydrogen-bond donors (Lipinski definition) is 0. The molecule has 0 radical (unpaired) electrons. The van der Waals surface area contributed by atoms with E-state index >= 15 is 0 Å². The van der Waals surface area contributed by atoms with Crippen LogP contribution in [0.5, 0.6) is 0 Å². The van der Waals surface area contributed by atoms with Crippen molar-refractivity contribution in [1.82, 2.24) is 0 Å². The van der Waals surface area contributed by atoms with E-state index in [-0.39, 0.29) is 11.9 Å². The molecule has 0 aliphatic carbocycles. The fourth-order valence-electron chi connectivity index (χ4n) is 1.03. The van der Waals surface area contributed by atoms with E-state index in [2.05, 4.69) is 18.1 Å². The SMILES string of the molecule is C=C1CCOC(C(=C)OF)C1. The van der Waals surface area contributed by atoms with Gasteiger partial charge in [0.25, 0.3) is 0 Å². The highest BCUT2D eigenvalue weighted by Gasteiger charge is 2.20. The van der Waals surface area contributed by atoms with E-state index in [1.54, 1.807) is 0 Å². The smallest absolute Gasteiger partial charge is 0.170 e. The molecule has 62 valence electrons. The first-order valence-electron chi connectivity index (χ1n) is 3.49. The highest BCUT2D eigenvalue weighted by Crippen LogP contribution is 2.22. The zero-order valence-corrected chi connectivity index (χ0v) is 6.31. The average Bonchev–Trinajstić information content (AvgIpc) is 2.03. The molecule has 0 aromatic heterocycles. The Morgan fingerprint density at radius 2 is 2.45 bits per heavy atom. The van der Waals surface area contributed by atoms with Gasteiger partial charge in [-0.25, -0.2) is 0 Å². The second kappa shape index (κ2) is 3.53. The molecular weight excluding hydrogens is 147 g/mol. The van der Waals surface area contributed by atoms with Crippen LogP contribution < -0.4 is 0 Å². The van der Waals surface area contributed by atoms with E-state index in [0.29, 0.717) is 13.0 Å². The summed E-state index contributed by atoms with van der Waals surface area (Å²) in [6, 6.07) is 0. The first kappa shape index (κ1) is 8.27. The molecule has 0 aromatic rings. The fraction of sp³-hybridized carbons (Fsp3) is 0.500. The monoisotopic (exact) mass is 158 g/mol. The van der Waals surface area contributed by atoms with Crippen LogP contribution in [0.1, 0.15) is 12.8 Å². The van der Waals surface area contributed by atoms with Crippen LogP contribution in [0.3, 0.4) is 0 Å². The Kier molecular flexibility index (Phi) is 2.65. The van der Waals surface area contributed by atoms with Crippen molar-refractivity contribution < 1.29 is 14.2 Å². The van der Waals surface area contributed by atoms with Crippen molar-refractivity contribution in [2.45, 2.75) is 18.9 Å². The Morgan fingerprint density at radius 3 is 3.00 bits per heavy atom. The van der Waals surface area contributed by atoms with Gasteiger partial charge in [-0.15, -0.1) is 0 Å². The molecule has 1 aliphatic rings. The van der Waals surface area contributed by atoms with E-state index in [1.165, 1.54) is 0 Å². The van der Waals surface area contributed by atoms with Crippen LogP contribution in [0.15, 0.2) is 24.5 Å². The summed E-state index contributed by atoms with van der Waals surface area (Å²) in [6.07, 6.45) is 1.11. The maximum absolute atomic E-state index is 11.6. The van der Waals surface area contributed by atoms with Gasteiger partial charge >= 0.3 is 0 Å². The molecule has 0 spiro atoms. The zero-order chi connectivity index (χ0) is 8.27. The van der Waals surface area contributed by atoms with Crippen molar-refractivity contribution in [3.8, 4) is 0 Å². The van der Waals surface area contributed by atoms with Crippen LogP contribution in [-0.4, -0.2) is 12.7 Å². The fourth-order valence-corrected chi connectivity index (χ4v) is 1.03. The Bertz CT molecular complexity index is 177. The molecule has 0 saturated carbocycles. The van der Waals surface area contributed by atoms with Gasteiger partial charge in [0, 0.05) is 10.9 Å². The molecule has 0 bridgehead atoms. The summed E-state index contributed by atoms with van der Waals surface area (Å²) < 4.78 is 16.8. The van der Waals surface area contributed by atoms with Crippen molar-refractivity contribution in [3.05, 3.63) is 24.5 Å². The van der Waals surface area contributed by atoms with E-state index in [4.69, 9.17) is 4.74 Å². The third kappa shape index (κ3) is 2.05. The lowest BCUT2D eigenvalue weighted by Gasteiger charge is -2.23. The Balaban J connectivity index is 2.45. The molecule has 2 nitrogen and oxygen atoms in total. The summed E-state index contributed by atoms with van der Waals surface area (Å²) in [6.45, 7) is 7.73. The molecule has 11 heavy (non-hydrogen) atoms. The molecule has 1 rings (SSSR count). The second-order valence-electron chi connectivity index (χ2n) is 2.61. The van der Waals surface area contributed by atoms with Crippen molar-refractivity contribution in [2.24, 2.45) is 0 Å². The molecule has 1 fully saturated rings. The lowest BCUT2D eigenvalue weighted by molar-refractivity contribution is -0.118. The summed E-state index contributed by atoms with van der Waals surface area (Å²) in [5, 5.41) is 0. The summed E-state index contributed by atoms with van der Waals surface area (Å²) in [5.41, 5.74) is 1.06. The quantitative estimate of drug-likeness (QED) is 0.452.